The molecule has 0 spiro atoms. The van der Waals surface area contributed by atoms with E-state index in [9.17, 15) is 0 Å². The molecule has 2 atom stereocenters. The third kappa shape index (κ3) is 3.66. The Morgan fingerprint density at radius 3 is 2.94 bits per heavy atom. The van der Waals surface area contributed by atoms with E-state index < -0.39 is 0 Å². The molecular formula is C15H23NOS. The van der Waals surface area contributed by atoms with Crippen LogP contribution in [0.5, 0.6) is 5.75 Å². The third-order valence-corrected chi connectivity index (χ3v) is 4.83. The van der Waals surface area contributed by atoms with E-state index in [4.69, 9.17) is 4.74 Å². The standard InChI is InChI=1S/C15H23NOS/c1-3-16-12-7-6-8-13(11-12)18-15-10-5-4-9-14(15)17-2/h4-5,9-10,12-13,16H,3,6-8,11H2,1-2H3. The van der Waals surface area contributed by atoms with Crippen LogP contribution < -0.4 is 10.1 Å². The predicted molar refractivity (Wildman–Crippen MR) is 78.6 cm³/mol. The molecule has 0 heterocycles. The summed E-state index contributed by atoms with van der Waals surface area (Å²) in [4.78, 5) is 1.28. The Balaban J connectivity index is 1.96. The maximum atomic E-state index is 5.42. The Bertz CT molecular complexity index is 367. The van der Waals surface area contributed by atoms with Crippen molar-refractivity contribution in [1.82, 2.24) is 5.32 Å². The highest BCUT2D eigenvalue weighted by molar-refractivity contribution is 8.00. The number of thioether (sulfide) groups is 1. The molecule has 3 heteroatoms. The molecule has 2 unspecified atom stereocenters. The van der Waals surface area contributed by atoms with E-state index in [1.54, 1.807) is 7.11 Å². The molecule has 0 amide bonds. The predicted octanol–water partition coefficient (Wildman–Crippen LogP) is 3.71. The molecule has 2 nitrogen and oxygen atoms in total. The SMILES string of the molecule is CCNC1CCCC(Sc2ccccc2OC)C1. The minimum atomic E-state index is 0.705. The number of rotatable bonds is 5. The fourth-order valence-corrected chi connectivity index (χ4v) is 4.02. The van der Waals surface area contributed by atoms with E-state index >= 15 is 0 Å². The van der Waals surface area contributed by atoms with Crippen LogP contribution in [0, 0.1) is 0 Å². The van der Waals surface area contributed by atoms with Gasteiger partial charge in [0.2, 0.25) is 0 Å². The molecule has 0 radical (unpaired) electrons. The van der Waals surface area contributed by atoms with Gasteiger partial charge in [-0.15, -0.1) is 11.8 Å². The van der Waals surface area contributed by atoms with Gasteiger partial charge in [0.15, 0.2) is 0 Å². The highest BCUT2D eigenvalue weighted by atomic mass is 32.2. The van der Waals surface area contributed by atoms with Gasteiger partial charge >= 0.3 is 0 Å². The number of hydrogen-bond donors (Lipinski definition) is 1. The summed E-state index contributed by atoms with van der Waals surface area (Å²) in [5.74, 6) is 1.01. The van der Waals surface area contributed by atoms with Gasteiger partial charge in [-0.2, -0.15) is 0 Å². The van der Waals surface area contributed by atoms with Crippen molar-refractivity contribution in [3.8, 4) is 5.75 Å². The van der Waals surface area contributed by atoms with Crippen LogP contribution >= 0.6 is 11.8 Å². The van der Waals surface area contributed by atoms with Crippen LogP contribution in [0.2, 0.25) is 0 Å². The lowest BCUT2D eigenvalue weighted by Gasteiger charge is -2.29. The van der Waals surface area contributed by atoms with Gasteiger partial charge in [-0.05, 0) is 37.9 Å². The number of ether oxygens (including phenoxy) is 1. The highest BCUT2D eigenvalue weighted by Gasteiger charge is 2.22. The third-order valence-electron chi connectivity index (χ3n) is 3.48. The molecule has 0 aromatic heterocycles. The monoisotopic (exact) mass is 265 g/mol. The molecule has 1 aromatic rings. The first kappa shape index (κ1) is 13.8. The Morgan fingerprint density at radius 1 is 1.33 bits per heavy atom. The van der Waals surface area contributed by atoms with Crippen molar-refractivity contribution in [3.05, 3.63) is 24.3 Å². The number of hydrogen-bond acceptors (Lipinski definition) is 3. The van der Waals surface area contributed by atoms with Gasteiger partial charge in [-0.3, -0.25) is 0 Å². The highest BCUT2D eigenvalue weighted by Crippen LogP contribution is 2.37. The summed E-state index contributed by atoms with van der Waals surface area (Å²) in [7, 11) is 1.75. The average molecular weight is 265 g/mol. The zero-order valence-electron chi connectivity index (χ0n) is 11.3. The van der Waals surface area contributed by atoms with Gasteiger partial charge < -0.3 is 10.1 Å². The molecular weight excluding hydrogens is 242 g/mol. The molecule has 1 saturated carbocycles. The van der Waals surface area contributed by atoms with E-state index in [1.165, 1.54) is 30.6 Å². The maximum Gasteiger partial charge on any atom is 0.132 e. The van der Waals surface area contributed by atoms with Crippen LogP contribution in [0.4, 0.5) is 0 Å². The second-order valence-electron chi connectivity index (χ2n) is 4.81. The first-order chi connectivity index (χ1) is 8.83. The molecule has 1 aliphatic rings. The summed E-state index contributed by atoms with van der Waals surface area (Å²) in [5.41, 5.74) is 0. The lowest BCUT2D eigenvalue weighted by atomic mass is 9.95. The number of methoxy groups -OCH3 is 1. The van der Waals surface area contributed by atoms with Crippen LogP contribution in [0.3, 0.4) is 0 Å². The van der Waals surface area contributed by atoms with Gasteiger partial charge in [0.25, 0.3) is 0 Å². The lowest BCUT2D eigenvalue weighted by molar-refractivity contribution is 0.386. The van der Waals surface area contributed by atoms with Crippen molar-refractivity contribution < 1.29 is 4.74 Å². The second-order valence-corrected chi connectivity index (χ2v) is 6.15. The quantitative estimate of drug-likeness (QED) is 0.877. The second kappa shape index (κ2) is 7.05. The van der Waals surface area contributed by atoms with E-state index in [2.05, 4.69) is 24.4 Å². The fourth-order valence-electron chi connectivity index (χ4n) is 2.62. The zero-order valence-corrected chi connectivity index (χ0v) is 12.1. The summed E-state index contributed by atoms with van der Waals surface area (Å²) < 4.78 is 5.42. The van der Waals surface area contributed by atoms with Crippen LogP contribution in [0.1, 0.15) is 32.6 Å². The average Bonchev–Trinajstić information content (AvgIpc) is 2.40. The first-order valence-electron chi connectivity index (χ1n) is 6.86. The van der Waals surface area contributed by atoms with Crippen molar-refractivity contribution in [2.45, 2.75) is 48.8 Å². The molecule has 0 aliphatic heterocycles. The van der Waals surface area contributed by atoms with Crippen molar-refractivity contribution in [2.75, 3.05) is 13.7 Å². The summed E-state index contributed by atoms with van der Waals surface area (Å²) in [6, 6.07) is 9.05. The fraction of sp³-hybridized carbons (Fsp3) is 0.600. The Kier molecular flexibility index (Phi) is 5.39. The molecule has 1 fully saturated rings. The van der Waals surface area contributed by atoms with Crippen molar-refractivity contribution in [2.24, 2.45) is 0 Å². The van der Waals surface area contributed by atoms with Crippen molar-refractivity contribution in [3.63, 3.8) is 0 Å². The molecule has 1 aliphatic carbocycles. The molecule has 2 rings (SSSR count). The number of nitrogens with one attached hydrogen (secondary N) is 1. The number of para-hydroxylation sites is 1. The Hall–Kier alpha value is -0.670. The molecule has 18 heavy (non-hydrogen) atoms. The molecule has 100 valence electrons. The van der Waals surface area contributed by atoms with Crippen molar-refractivity contribution >= 4 is 11.8 Å². The summed E-state index contributed by atoms with van der Waals surface area (Å²) in [6.45, 7) is 3.27. The molecule has 1 N–H and O–H groups in total. The maximum absolute atomic E-state index is 5.42. The first-order valence-corrected chi connectivity index (χ1v) is 7.74. The summed E-state index contributed by atoms with van der Waals surface area (Å²) in [5, 5.41) is 4.31. The largest absolute Gasteiger partial charge is 0.496 e. The van der Waals surface area contributed by atoms with Crippen LogP contribution in [0.15, 0.2) is 29.2 Å². The number of benzene rings is 1. The minimum absolute atomic E-state index is 0.705. The topological polar surface area (TPSA) is 21.3 Å². The Morgan fingerprint density at radius 2 is 2.17 bits per heavy atom. The van der Waals surface area contributed by atoms with E-state index in [1.807, 2.05) is 23.9 Å². The normalized spacial score (nSPS) is 23.9. The zero-order chi connectivity index (χ0) is 12.8. The molecule has 0 bridgehead atoms. The molecule has 0 saturated heterocycles. The summed E-state index contributed by atoms with van der Waals surface area (Å²) in [6.07, 6.45) is 5.27. The Labute approximate surface area is 114 Å². The van der Waals surface area contributed by atoms with Crippen LogP contribution in [-0.4, -0.2) is 24.9 Å². The smallest absolute Gasteiger partial charge is 0.132 e. The van der Waals surface area contributed by atoms with E-state index in [-0.39, 0.29) is 0 Å². The van der Waals surface area contributed by atoms with E-state index in [0.29, 0.717) is 6.04 Å². The van der Waals surface area contributed by atoms with Gasteiger partial charge in [0.05, 0.1) is 7.11 Å². The van der Waals surface area contributed by atoms with Gasteiger partial charge in [-0.25, -0.2) is 0 Å². The summed E-state index contributed by atoms with van der Waals surface area (Å²) >= 11 is 1.98. The van der Waals surface area contributed by atoms with Crippen LogP contribution in [-0.2, 0) is 0 Å². The van der Waals surface area contributed by atoms with Crippen molar-refractivity contribution in [1.29, 1.82) is 0 Å². The van der Waals surface area contributed by atoms with Gasteiger partial charge in [0.1, 0.15) is 5.75 Å². The molecule has 1 aromatic carbocycles. The van der Waals surface area contributed by atoms with E-state index in [0.717, 1.165) is 17.5 Å². The lowest BCUT2D eigenvalue weighted by Crippen LogP contribution is -2.34. The van der Waals surface area contributed by atoms with Gasteiger partial charge in [-0.1, -0.05) is 25.5 Å². The van der Waals surface area contributed by atoms with Crippen LogP contribution in [0.25, 0.3) is 0 Å². The minimum Gasteiger partial charge on any atom is -0.496 e. The van der Waals surface area contributed by atoms with Gasteiger partial charge in [0, 0.05) is 16.2 Å².